The van der Waals surface area contributed by atoms with E-state index in [2.05, 4.69) is 17.6 Å². The van der Waals surface area contributed by atoms with E-state index in [1.165, 1.54) is 12.8 Å². The van der Waals surface area contributed by atoms with Gasteiger partial charge in [0.2, 0.25) is 5.91 Å². The first-order valence-corrected chi connectivity index (χ1v) is 10.4. The zero-order chi connectivity index (χ0) is 17.4. The van der Waals surface area contributed by atoms with E-state index < -0.39 is 9.84 Å². The first kappa shape index (κ1) is 18.9. The monoisotopic (exact) mass is 352 g/mol. The second-order valence-corrected chi connectivity index (χ2v) is 8.73. The number of rotatable bonds is 8. The summed E-state index contributed by atoms with van der Waals surface area (Å²) in [6.45, 7) is 4.59. The molecule has 1 fully saturated rings. The van der Waals surface area contributed by atoms with Gasteiger partial charge in [0.05, 0.1) is 10.6 Å². The van der Waals surface area contributed by atoms with E-state index in [1.807, 2.05) is 0 Å². The molecule has 1 aliphatic heterocycles. The molecular formula is C18H28N2O3S. The molecular weight excluding hydrogens is 324 g/mol. The molecule has 24 heavy (non-hydrogen) atoms. The van der Waals surface area contributed by atoms with Gasteiger partial charge in [-0.1, -0.05) is 25.1 Å². The lowest BCUT2D eigenvalue weighted by Gasteiger charge is -2.28. The average molecular weight is 353 g/mol. The Hall–Kier alpha value is -1.40. The molecule has 0 saturated carbocycles. The van der Waals surface area contributed by atoms with Crippen LogP contribution in [-0.2, 0) is 14.6 Å². The fourth-order valence-electron chi connectivity index (χ4n) is 3.13. The number of benzene rings is 1. The summed E-state index contributed by atoms with van der Waals surface area (Å²) in [5.74, 6) is 0.985. The van der Waals surface area contributed by atoms with E-state index in [0.717, 1.165) is 13.1 Å². The van der Waals surface area contributed by atoms with Gasteiger partial charge in [-0.3, -0.25) is 4.79 Å². The fraction of sp³-hybridized carbons (Fsp3) is 0.611. The van der Waals surface area contributed by atoms with Crippen LogP contribution in [0, 0.1) is 11.8 Å². The van der Waals surface area contributed by atoms with Crippen molar-refractivity contribution in [2.24, 2.45) is 11.8 Å². The van der Waals surface area contributed by atoms with Crippen LogP contribution < -0.4 is 10.6 Å². The quantitative estimate of drug-likeness (QED) is 0.702. The average Bonchev–Trinajstić information content (AvgIpc) is 2.60. The molecule has 0 aromatic heterocycles. The van der Waals surface area contributed by atoms with Crippen molar-refractivity contribution in [2.45, 2.75) is 37.5 Å². The van der Waals surface area contributed by atoms with E-state index in [1.54, 1.807) is 30.3 Å². The van der Waals surface area contributed by atoms with Crippen LogP contribution in [0.1, 0.15) is 32.6 Å². The van der Waals surface area contributed by atoms with E-state index in [-0.39, 0.29) is 11.7 Å². The van der Waals surface area contributed by atoms with Crippen LogP contribution in [0.15, 0.2) is 35.2 Å². The number of hydrogen-bond acceptors (Lipinski definition) is 4. The lowest BCUT2D eigenvalue weighted by atomic mass is 9.85. The summed E-state index contributed by atoms with van der Waals surface area (Å²) in [4.78, 5) is 12.4. The normalized spacial score (nSPS) is 19.6. The van der Waals surface area contributed by atoms with Gasteiger partial charge in [-0.05, 0) is 56.3 Å². The van der Waals surface area contributed by atoms with Crippen LogP contribution in [0.3, 0.4) is 0 Å². The van der Waals surface area contributed by atoms with Crippen molar-refractivity contribution in [1.29, 1.82) is 0 Å². The minimum atomic E-state index is -3.26. The smallest absolute Gasteiger partial charge is 0.220 e. The van der Waals surface area contributed by atoms with Gasteiger partial charge in [0.15, 0.2) is 9.84 Å². The van der Waals surface area contributed by atoms with Crippen LogP contribution in [0.25, 0.3) is 0 Å². The first-order chi connectivity index (χ1) is 11.5. The van der Waals surface area contributed by atoms with Crippen LogP contribution in [0.4, 0.5) is 0 Å². The maximum atomic E-state index is 12.1. The SMILES string of the molecule is CC(CC(=O)NCCCS(=O)(=O)c1ccccc1)C1CCCNC1. The summed E-state index contributed by atoms with van der Waals surface area (Å²) in [5, 5.41) is 6.23. The Kier molecular flexibility index (Phi) is 7.24. The van der Waals surface area contributed by atoms with Crippen molar-refractivity contribution in [2.75, 3.05) is 25.4 Å². The Morgan fingerprint density at radius 2 is 2.08 bits per heavy atom. The van der Waals surface area contributed by atoms with E-state index in [9.17, 15) is 13.2 Å². The molecule has 5 nitrogen and oxygen atoms in total. The minimum absolute atomic E-state index is 0.0187. The molecule has 1 aromatic carbocycles. The Labute approximate surface area is 145 Å². The Morgan fingerprint density at radius 1 is 1.33 bits per heavy atom. The van der Waals surface area contributed by atoms with Gasteiger partial charge in [0.1, 0.15) is 0 Å². The third-order valence-electron chi connectivity index (χ3n) is 4.66. The van der Waals surface area contributed by atoms with Crippen LogP contribution in [0.5, 0.6) is 0 Å². The lowest BCUT2D eigenvalue weighted by Crippen LogP contribution is -2.35. The second-order valence-electron chi connectivity index (χ2n) is 6.62. The van der Waals surface area contributed by atoms with Gasteiger partial charge < -0.3 is 10.6 Å². The highest BCUT2D eigenvalue weighted by Crippen LogP contribution is 2.22. The van der Waals surface area contributed by atoms with E-state index >= 15 is 0 Å². The molecule has 0 radical (unpaired) electrons. The van der Waals surface area contributed by atoms with Crippen LogP contribution >= 0.6 is 0 Å². The molecule has 2 atom stereocenters. The standard InChI is InChI=1S/C18H28N2O3S/c1-15(16-7-5-10-19-14-16)13-18(21)20-11-6-12-24(22,23)17-8-3-2-4-9-17/h2-4,8-9,15-16,19H,5-7,10-14H2,1H3,(H,20,21). The Bertz CT molecular complexity index is 610. The molecule has 6 heteroatoms. The lowest BCUT2D eigenvalue weighted by molar-refractivity contribution is -0.122. The summed E-state index contributed by atoms with van der Waals surface area (Å²) in [6.07, 6.45) is 3.30. The molecule has 1 aromatic rings. The van der Waals surface area contributed by atoms with E-state index in [0.29, 0.717) is 36.1 Å². The van der Waals surface area contributed by atoms with Crippen LogP contribution in [-0.4, -0.2) is 39.7 Å². The van der Waals surface area contributed by atoms with Crippen molar-refractivity contribution in [1.82, 2.24) is 10.6 Å². The number of carbonyl (C=O) groups excluding carboxylic acids is 1. The minimum Gasteiger partial charge on any atom is -0.356 e. The predicted molar refractivity (Wildman–Crippen MR) is 95.5 cm³/mol. The predicted octanol–water partition coefficient (Wildman–Crippen LogP) is 1.99. The highest BCUT2D eigenvalue weighted by Gasteiger charge is 2.22. The summed E-state index contributed by atoms with van der Waals surface area (Å²) in [7, 11) is -3.26. The zero-order valence-electron chi connectivity index (χ0n) is 14.3. The van der Waals surface area contributed by atoms with Crippen molar-refractivity contribution < 1.29 is 13.2 Å². The largest absolute Gasteiger partial charge is 0.356 e. The number of piperidine rings is 1. The topological polar surface area (TPSA) is 75.3 Å². The maximum absolute atomic E-state index is 12.1. The first-order valence-electron chi connectivity index (χ1n) is 8.74. The number of amides is 1. The summed E-state index contributed by atoms with van der Waals surface area (Å²) in [5.41, 5.74) is 0. The molecule has 1 heterocycles. The van der Waals surface area contributed by atoms with Crippen molar-refractivity contribution in [3.05, 3.63) is 30.3 Å². The van der Waals surface area contributed by atoms with Gasteiger partial charge in [-0.2, -0.15) is 0 Å². The van der Waals surface area contributed by atoms with E-state index in [4.69, 9.17) is 0 Å². The van der Waals surface area contributed by atoms with Crippen molar-refractivity contribution in [3.8, 4) is 0 Å². The highest BCUT2D eigenvalue weighted by atomic mass is 32.2. The number of sulfone groups is 1. The van der Waals surface area contributed by atoms with Gasteiger partial charge in [0.25, 0.3) is 0 Å². The van der Waals surface area contributed by atoms with Crippen molar-refractivity contribution in [3.63, 3.8) is 0 Å². The number of nitrogens with one attached hydrogen (secondary N) is 2. The van der Waals surface area contributed by atoms with Crippen LogP contribution in [0.2, 0.25) is 0 Å². The Balaban J connectivity index is 1.67. The molecule has 1 aliphatic rings. The Morgan fingerprint density at radius 3 is 2.75 bits per heavy atom. The summed E-state index contributed by atoms with van der Waals surface area (Å²) in [6, 6.07) is 8.44. The molecule has 2 unspecified atom stereocenters. The molecule has 1 saturated heterocycles. The molecule has 134 valence electrons. The molecule has 2 N–H and O–H groups in total. The fourth-order valence-corrected chi connectivity index (χ4v) is 4.46. The second kappa shape index (κ2) is 9.18. The maximum Gasteiger partial charge on any atom is 0.220 e. The molecule has 0 bridgehead atoms. The third-order valence-corrected chi connectivity index (χ3v) is 6.48. The molecule has 2 rings (SSSR count). The highest BCUT2D eigenvalue weighted by molar-refractivity contribution is 7.91. The summed E-state index contributed by atoms with van der Waals surface area (Å²) >= 11 is 0. The zero-order valence-corrected chi connectivity index (χ0v) is 15.1. The van der Waals surface area contributed by atoms with Gasteiger partial charge in [-0.25, -0.2) is 8.42 Å². The van der Waals surface area contributed by atoms with Gasteiger partial charge in [0, 0.05) is 13.0 Å². The number of carbonyl (C=O) groups is 1. The summed E-state index contributed by atoms with van der Waals surface area (Å²) < 4.78 is 24.3. The third kappa shape index (κ3) is 5.91. The van der Waals surface area contributed by atoms with Gasteiger partial charge in [-0.15, -0.1) is 0 Å². The molecule has 0 spiro atoms. The molecule has 1 amide bonds. The van der Waals surface area contributed by atoms with Crippen molar-refractivity contribution >= 4 is 15.7 Å². The van der Waals surface area contributed by atoms with Gasteiger partial charge >= 0.3 is 0 Å². The molecule has 0 aliphatic carbocycles. The number of hydrogen-bond donors (Lipinski definition) is 2.